The standard InChI is InChI=1S/C16H21N5O/c1-2-3-9-17-11-13-10-14(22)21-16(18-13)19-15(20-21)12-7-5-4-6-8-12/h4-8,16-17H,2-3,9-11H2,1H3,(H,19,20). The molecule has 22 heavy (non-hydrogen) atoms. The zero-order chi connectivity index (χ0) is 15.4. The fourth-order valence-electron chi connectivity index (χ4n) is 2.50. The summed E-state index contributed by atoms with van der Waals surface area (Å²) in [5.41, 5.74) is 4.90. The summed E-state index contributed by atoms with van der Waals surface area (Å²) in [5.74, 6) is 0.713. The van der Waals surface area contributed by atoms with Gasteiger partial charge < -0.3 is 5.32 Å². The Kier molecular flexibility index (Phi) is 4.48. The average molecular weight is 299 g/mol. The van der Waals surface area contributed by atoms with Crippen LogP contribution in [0.3, 0.4) is 0 Å². The number of amidine groups is 1. The van der Waals surface area contributed by atoms with Gasteiger partial charge in [0.2, 0.25) is 12.2 Å². The maximum Gasteiger partial charge on any atom is 0.250 e. The topological polar surface area (TPSA) is 69.1 Å². The van der Waals surface area contributed by atoms with Crippen molar-refractivity contribution in [2.24, 2.45) is 9.98 Å². The highest BCUT2D eigenvalue weighted by Crippen LogP contribution is 2.18. The van der Waals surface area contributed by atoms with Crippen molar-refractivity contribution in [1.29, 1.82) is 0 Å². The second kappa shape index (κ2) is 6.70. The minimum atomic E-state index is -0.473. The fourth-order valence-corrected chi connectivity index (χ4v) is 2.50. The molecule has 1 aromatic carbocycles. The van der Waals surface area contributed by atoms with Crippen molar-refractivity contribution in [2.45, 2.75) is 32.5 Å². The predicted molar refractivity (Wildman–Crippen MR) is 86.6 cm³/mol. The Balaban J connectivity index is 1.69. The Labute approximate surface area is 130 Å². The quantitative estimate of drug-likeness (QED) is 0.778. The van der Waals surface area contributed by atoms with Crippen molar-refractivity contribution < 1.29 is 4.79 Å². The summed E-state index contributed by atoms with van der Waals surface area (Å²) in [6.07, 6.45) is 2.16. The van der Waals surface area contributed by atoms with E-state index in [9.17, 15) is 4.79 Å². The molecule has 2 N–H and O–H groups in total. The molecular formula is C16H21N5O. The van der Waals surface area contributed by atoms with Gasteiger partial charge in [-0.15, -0.1) is 0 Å². The van der Waals surface area contributed by atoms with E-state index in [1.54, 1.807) is 0 Å². The van der Waals surface area contributed by atoms with E-state index in [-0.39, 0.29) is 5.91 Å². The normalized spacial score (nSPS) is 20.3. The Morgan fingerprint density at radius 2 is 2.14 bits per heavy atom. The van der Waals surface area contributed by atoms with Crippen LogP contribution in [0.2, 0.25) is 0 Å². The van der Waals surface area contributed by atoms with E-state index >= 15 is 0 Å². The van der Waals surface area contributed by atoms with E-state index in [2.05, 4.69) is 27.7 Å². The van der Waals surface area contributed by atoms with Gasteiger partial charge in [-0.3, -0.25) is 10.2 Å². The minimum Gasteiger partial charge on any atom is -0.311 e. The highest BCUT2D eigenvalue weighted by molar-refractivity contribution is 6.07. The molecule has 1 amide bonds. The molecular weight excluding hydrogens is 278 g/mol. The van der Waals surface area contributed by atoms with Gasteiger partial charge in [0, 0.05) is 17.8 Å². The highest BCUT2D eigenvalue weighted by atomic mass is 16.2. The SMILES string of the molecule is CCCCNCC1=NC2N=C(c3ccccc3)NN2C(=O)C1. The number of carbonyl (C=O) groups is 1. The molecule has 1 aromatic rings. The van der Waals surface area contributed by atoms with E-state index in [0.29, 0.717) is 18.8 Å². The van der Waals surface area contributed by atoms with Crippen LogP contribution >= 0.6 is 0 Å². The molecule has 0 aromatic heterocycles. The van der Waals surface area contributed by atoms with E-state index in [0.717, 1.165) is 30.7 Å². The van der Waals surface area contributed by atoms with Gasteiger partial charge in [0.15, 0.2) is 5.84 Å². The van der Waals surface area contributed by atoms with Crippen LogP contribution in [0, 0.1) is 0 Å². The molecule has 0 fully saturated rings. The summed E-state index contributed by atoms with van der Waals surface area (Å²) in [5, 5.41) is 4.84. The van der Waals surface area contributed by atoms with Gasteiger partial charge in [0.25, 0.3) is 0 Å². The Morgan fingerprint density at radius 1 is 1.32 bits per heavy atom. The molecule has 116 valence electrons. The summed E-state index contributed by atoms with van der Waals surface area (Å²) >= 11 is 0. The number of unbranched alkanes of at least 4 members (excludes halogenated alkanes) is 1. The Bertz CT molecular complexity index is 596. The van der Waals surface area contributed by atoms with Crippen molar-refractivity contribution in [3.63, 3.8) is 0 Å². The average Bonchev–Trinajstić information content (AvgIpc) is 2.97. The maximum atomic E-state index is 12.2. The third kappa shape index (κ3) is 3.17. The van der Waals surface area contributed by atoms with E-state index in [4.69, 9.17) is 0 Å². The van der Waals surface area contributed by atoms with Gasteiger partial charge in [-0.2, -0.15) is 0 Å². The Hall–Kier alpha value is -2.21. The molecule has 2 heterocycles. The third-order valence-electron chi connectivity index (χ3n) is 3.71. The van der Waals surface area contributed by atoms with Crippen LogP contribution < -0.4 is 10.7 Å². The number of hydrazine groups is 1. The predicted octanol–water partition coefficient (Wildman–Crippen LogP) is 1.30. The first-order chi connectivity index (χ1) is 10.8. The van der Waals surface area contributed by atoms with E-state index < -0.39 is 6.29 Å². The lowest BCUT2D eigenvalue weighted by Crippen LogP contribution is -2.49. The lowest BCUT2D eigenvalue weighted by atomic mass is 10.2. The van der Waals surface area contributed by atoms with Crippen LogP contribution in [-0.2, 0) is 4.79 Å². The number of nitrogens with zero attached hydrogens (tertiary/aromatic N) is 3. The highest BCUT2D eigenvalue weighted by Gasteiger charge is 2.34. The van der Waals surface area contributed by atoms with E-state index in [1.807, 2.05) is 30.3 Å². The van der Waals surface area contributed by atoms with E-state index in [1.165, 1.54) is 5.01 Å². The van der Waals surface area contributed by atoms with Crippen molar-refractivity contribution in [3.8, 4) is 0 Å². The molecule has 2 aliphatic rings. The van der Waals surface area contributed by atoms with Crippen molar-refractivity contribution in [2.75, 3.05) is 13.1 Å². The number of amides is 1. The van der Waals surface area contributed by atoms with Crippen molar-refractivity contribution >= 4 is 17.5 Å². The van der Waals surface area contributed by atoms with Gasteiger partial charge in [-0.1, -0.05) is 43.7 Å². The van der Waals surface area contributed by atoms with Crippen molar-refractivity contribution in [1.82, 2.24) is 15.8 Å². The second-order valence-corrected chi connectivity index (χ2v) is 5.47. The van der Waals surface area contributed by atoms with Crippen LogP contribution in [0.1, 0.15) is 31.7 Å². The first-order valence-electron chi connectivity index (χ1n) is 7.76. The Morgan fingerprint density at radius 3 is 2.91 bits per heavy atom. The molecule has 6 nitrogen and oxygen atoms in total. The largest absolute Gasteiger partial charge is 0.311 e. The second-order valence-electron chi connectivity index (χ2n) is 5.47. The summed E-state index contributed by atoms with van der Waals surface area (Å²) in [6, 6.07) is 9.78. The molecule has 1 atom stereocenters. The molecule has 0 spiro atoms. The monoisotopic (exact) mass is 299 g/mol. The maximum absolute atomic E-state index is 12.2. The number of hydrogen-bond donors (Lipinski definition) is 2. The number of aliphatic imine (C=N–C) groups is 2. The molecule has 0 saturated heterocycles. The van der Waals surface area contributed by atoms with Gasteiger partial charge in [0.1, 0.15) is 0 Å². The van der Waals surface area contributed by atoms with Gasteiger partial charge in [-0.05, 0) is 13.0 Å². The number of fused-ring (bicyclic) bond motifs is 1. The number of hydrogen-bond acceptors (Lipinski definition) is 5. The smallest absolute Gasteiger partial charge is 0.250 e. The zero-order valence-corrected chi connectivity index (χ0v) is 12.7. The number of nitrogens with one attached hydrogen (secondary N) is 2. The summed E-state index contributed by atoms with van der Waals surface area (Å²) in [7, 11) is 0. The van der Waals surface area contributed by atoms with Crippen LogP contribution in [0.15, 0.2) is 40.3 Å². The first kappa shape index (κ1) is 14.7. The summed E-state index contributed by atoms with van der Waals surface area (Å²) in [4.78, 5) is 21.3. The molecule has 0 bridgehead atoms. The number of benzene rings is 1. The summed E-state index contributed by atoms with van der Waals surface area (Å²) < 4.78 is 0. The summed E-state index contributed by atoms with van der Waals surface area (Å²) in [6.45, 7) is 3.77. The first-order valence-corrected chi connectivity index (χ1v) is 7.76. The minimum absolute atomic E-state index is 0.0157. The fraction of sp³-hybridized carbons (Fsp3) is 0.438. The zero-order valence-electron chi connectivity index (χ0n) is 12.7. The molecule has 0 saturated carbocycles. The third-order valence-corrected chi connectivity index (χ3v) is 3.71. The van der Waals surface area contributed by atoms with Gasteiger partial charge >= 0.3 is 0 Å². The number of carbonyl (C=O) groups excluding carboxylic acids is 1. The molecule has 0 aliphatic carbocycles. The lowest BCUT2D eigenvalue weighted by Gasteiger charge is -2.26. The molecule has 1 unspecified atom stereocenters. The molecule has 0 radical (unpaired) electrons. The van der Waals surface area contributed by atoms with Gasteiger partial charge in [0.05, 0.1) is 6.42 Å². The van der Waals surface area contributed by atoms with Crippen LogP contribution in [0.5, 0.6) is 0 Å². The molecule has 3 rings (SSSR count). The van der Waals surface area contributed by atoms with Crippen molar-refractivity contribution in [3.05, 3.63) is 35.9 Å². The molecule has 6 heteroatoms. The van der Waals surface area contributed by atoms with Crippen LogP contribution in [0.4, 0.5) is 0 Å². The lowest BCUT2D eigenvalue weighted by molar-refractivity contribution is -0.133. The van der Waals surface area contributed by atoms with Crippen LogP contribution in [0.25, 0.3) is 0 Å². The van der Waals surface area contributed by atoms with Gasteiger partial charge in [-0.25, -0.2) is 15.0 Å². The van der Waals surface area contributed by atoms with Crippen LogP contribution in [-0.4, -0.2) is 41.8 Å². The molecule has 2 aliphatic heterocycles. The number of rotatable bonds is 6.